The highest BCUT2D eigenvalue weighted by atomic mass is 19.1. The zero-order valence-corrected chi connectivity index (χ0v) is 18.1. The van der Waals surface area contributed by atoms with Crippen LogP contribution in [-0.2, 0) is 0 Å². The molecule has 0 spiro atoms. The number of anilines is 3. The van der Waals surface area contributed by atoms with E-state index < -0.39 is 11.7 Å². The van der Waals surface area contributed by atoms with E-state index in [2.05, 4.69) is 49.3 Å². The zero-order valence-electron chi connectivity index (χ0n) is 18.1. The number of amides is 1. The summed E-state index contributed by atoms with van der Waals surface area (Å²) in [5.74, 6) is -0.428. The van der Waals surface area contributed by atoms with E-state index in [4.69, 9.17) is 5.73 Å². The molecule has 4 rings (SSSR count). The van der Waals surface area contributed by atoms with Gasteiger partial charge in [0.25, 0.3) is 5.91 Å². The molecule has 3 heterocycles. The van der Waals surface area contributed by atoms with Crippen molar-refractivity contribution in [2.45, 2.75) is 25.9 Å². The third-order valence-electron chi connectivity index (χ3n) is 5.27. The van der Waals surface area contributed by atoms with E-state index in [9.17, 15) is 9.18 Å². The number of aromatic nitrogens is 3. The van der Waals surface area contributed by atoms with Gasteiger partial charge in [-0.05, 0) is 26.0 Å². The quantitative estimate of drug-likeness (QED) is 0.424. The van der Waals surface area contributed by atoms with E-state index in [1.54, 1.807) is 19.3 Å². The number of piperazine rings is 1. The molecule has 166 valence electrons. The molecule has 32 heavy (non-hydrogen) atoms. The second-order valence-electron chi connectivity index (χ2n) is 7.93. The standard InChI is InChI=1S/C22H25FN8O/c1-12-10-31(11-13(2)29-12)21-20-19(26-4-5-27-20)16(9-28-21)22(32)30-15-6-14(8-25-3)18(24)17(23)7-15/h4-9,12-13,29H,10-11,24H2,1-3H3,(H,30,32). The van der Waals surface area contributed by atoms with Crippen molar-refractivity contribution in [2.75, 3.05) is 36.1 Å². The Morgan fingerprint density at radius 3 is 2.59 bits per heavy atom. The molecular weight excluding hydrogens is 411 g/mol. The van der Waals surface area contributed by atoms with Crippen molar-refractivity contribution < 1.29 is 9.18 Å². The molecule has 2 atom stereocenters. The van der Waals surface area contributed by atoms with Crippen LogP contribution >= 0.6 is 0 Å². The Kier molecular flexibility index (Phi) is 5.95. The van der Waals surface area contributed by atoms with Gasteiger partial charge in [0.2, 0.25) is 0 Å². The highest BCUT2D eigenvalue weighted by Gasteiger charge is 2.25. The summed E-state index contributed by atoms with van der Waals surface area (Å²) in [7, 11) is 1.56. The fraction of sp³-hybridized carbons (Fsp3) is 0.318. The minimum Gasteiger partial charge on any atom is -0.396 e. The number of nitrogens with two attached hydrogens (primary N) is 1. The first-order chi connectivity index (χ1) is 15.4. The van der Waals surface area contributed by atoms with Gasteiger partial charge in [-0.3, -0.25) is 14.8 Å². The summed E-state index contributed by atoms with van der Waals surface area (Å²) in [6.07, 6.45) is 6.03. The van der Waals surface area contributed by atoms with Crippen LogP contribution in [0.3, 0.4) is 0 Å². The van der Waals surface area contributed by atoms with Crippen molar-refractivity contribution in [1.29, 1.82) is 0 Å². The molecule has 1 amide bonds. The largest absolute Gasteiger partial charge is 0.396 e. The number of hydrogen-bond donors (Lipinski definition) is 3. The topological polar surface area (TPSA) is 121 Å². The van der Waals surface area contributed by atoms with Crippen molar-refractivity contribution in [3.05, 3.63) is 47.7 Å². The summed E-state index contributed by atoms with van der Waals surface area (Å²) in [5, 5.41) is 6.19. The number of carbonyl (C=O) groups is 1. The summed E-state index contributed by atoms with van der Waals surface area (Å²) in [5.41, 5.74) is 7.56. The molecule has 2 aromatic heterocycles. The van der Waals surface area contributed by atoms with E-state index in [1.807, 2.05) is 0 Å². The maximum atomic E-state index is 14.2. The van der Waals surface area contributed by atoms with Gasteiger partial charge in [-0.15, -0.1) is 0 Å². The first kappa shape index (κ1) is 21.6. The van der Waals surface area contributed by atoms with Crippen molar-refractivity contribution >= 4 is 40.3 Å². The molecule has 0 radical (unpaired) electrons. The van der Waals surface area contributed by atoms with E-state index >= 15 is 0 Å². The van der Waals surface area contributed by atoms with Gasteiger partial charge in [0, 0.05) is 68.3 Å². The lowest BCUT2D eigenvalue weighted by molar-refractivity contribution is 0.102. The Morgan fingerprint density at radius 2 is 1.91 bits per heavy atom. The van der Waals surface area contributed by atoms with Crippen LogP contribution in [0.5, 0.6) is 0 Å². The Balaban J connectivity index is 1.69. The smallest absolute Gasteiger partial charge is 0.259 e. The molecule has 0 saturated carbocycles. The normalized spacial score (nSPS) is 18.9. The summed E-state index contributed by atoms with van der Waals surface area (Å²) in [6, 6.07) is 3.30. The predicted octanol–water partition coefficient (Wildman–Crippen LogP) is 2.23. The minimum absolute atomic E-state index is 0.0320. The van der Waals surface area contributed by atoms with Gasteiger partial charge in [0.15, 0.2) is 5.82 Å². The number of nitrogens with zero attached hydrogens (tertiary/aromatic N) is 5. The molecule has 1 saturated heterocycles. The van der Waals surface area contributed by atoms with E-state index in [0.717, 1.165) is 13.1 Å². The lowest BCUT2D eigenvalue weighted by atomic mass is 10.1. The van der Waals surface area contributed by atoms with Gasteiger partial charge in [-0.25, -0.2) is 14.4 Å². The Bertz CT molecular complexity index is 1190. The van der Waals surface area contributed by atoms with E-state index in [1.165, 1.54) is 24.7 Å². The molecule has 1 aliphatic heterocycles. The SMILES string of the molecule is CN=Cc1cc(NC(=O)c2cnc(N3CC(C)NC(C)C3)c3nccnc23)cc(F)c1N. The van der Waals surface area contributed by atoms with Crippen LogP contribution in [0.25, 0.3) is 11.0 Å². The lowest BCUT2D eigenvalue weighted by Gasteiger charge is -2.37. The summed E-state index contributed by atoms with van der Waals surface area (Å²) >= 11 is 0. The summed E-state index contributed by atoms with van der Waals surface area (Å²) in [6.45, 7) is 5.76. The highest BCUT2D eigenvalue weighted by Crippen LogP contribution is 2.27. The maximum absolute atomic E-state index is 14.2. The molecule has 9 nitrogen and oxygen atoms in total. The van der Waals surface area contributed by atoms with Crippen molar-refractivity contribution in [3.8, 4) is 0 Å². The van der Waals surface area contributed by atoms with Crippen LogP contribution < -0.4 is 21.3 Å². The van der Waals surface area contributed by atoms with E-state index in [-0.39, 0.29) is 29.0 Å². The molecule has 0 aliphatic carbocycles. The number of aliphatic imine (C=N–C) groups is 1. The molecule has 1 fully saturated rings. The number of pyridine rings is 1. The van der Waals surface area contributed by atoms with Gasteiger partial charge >= 0.3 is 0 Å². The Hall–Kier alpha value is -3.66. The third kappa shape index (κ3) is 4.22. The zero-order chi connectivity index (χ0) is 22.8. The second-order valence-corrected chi connectivity index (χ2v) is 7.93. The van der Waals surface area contributed by atoms with Crippen LogP contribution in [0, 0.1) is 5.82 Å². The number of carbonyl (C=O) groups excluding carboxylic acids is 1. The highest BCUT2D eigenvalue weighted by molar-refractivity contribution is 6.12. The van der Waals surface area contributed by atoms with Crippen LogP contribution in [-0.4, -0.2) is 59.3 Å². The van der Waals surface area contributed by atoms with Gasteiger partial charge in [0.05, 0.1) is 11.3 Å². The van der Waals surface area contributed by atoms with Gasteiger partial charge in [-0.1, -0.05) is 0 Å². The predicted molar refractivity (Wildman–Crippen MR) is 124 cm³/mol. The second kappa shape index (κ2) is 8.83. The number of halogens is 1. The maximum Gasteiger partial charge on any atom is 0.259 e. The first-order valence-electron chi connectivity index (χ1n) is 10.3. The lowest BCUT2D eigenvalue weighted by Crippen LogP contribution is -2.54. The van der Waals surface area contributed by atoms with Crippen LogP contribution in [0.4, 0.5) is 21.6 Å². The van der Waals surface area contributed by atoms with Crippen molar-refractivity contribution in [1.82, 2.24) is 20.3 Å². The molecular formula is C22H25FN8O. The molecule has 2 unspecified atom stereocenters. The number of benzene rings is 1. The first-order valence-corrected chi connectivity index (χ1v) is 10.3. The molecule has 10 heteroatoms. The monoisotopic (exact) mass is 436 g/mol. The van der Waals surface area contributed by atoms with Gasteiger partial charge in [0.1, 0.15) is 16.9 Å². The van der Waals surface area contributed by atoms with Crippen molar-refractivity contribution in [2.24, 2.45) is 4.99 Å². The summed E-state index contributed by atoms with van der Waals surface area (Å²) in [4.78, 5) is 32.5. The van der Waals surface area contributed by atoms with Gasteiger partial charge < -0.3 is 21.3 Å². The van der Waals surface area contributed by atoms with Crippen LogP contribution in [0.15, 0.2) is 35.7 Å². The molecule has 3 aromatic rings. The fourth-order valence-electron chi connectivity index (χ4n) is 4.00. The average Bonchev–Trinajstić information content (AvgIpc) is 2.75. The minimum atomic E-state index is -0.641. The fourth-order valence-corrected chi connectivity index (χ4v) is 4.00. The van der Waals surface area contributed by atoms with Gasteiger partial charge in [-0.2, -0.15) is 0 Å². The number of hydrogen-bond acceptors (Lipinski definition) is 8. The Labute approximate surface area is 185 Å². The average molecular weight is 436 g/mol. The molecule has 0 bridgehead atoms. The molecule has 1 aliphatic rings. The van der Waals surface area contributed by atoms with E-state index in [0.29, 0.717) is 22.4 Å². The van der Waals surface area contributed by atoms with Crippen LogP contribution in [0.2, 0.25) is 0 Å². The Morgan fingerprint density at radius 1 is 1.22 bits per heavy atom. The number of nitrogen functional groups attached to an aromatic ring is 1. The number of fused-ring (bicyclic) bond motifs is 1. The molecule has 4 N–H and O–H groups in total. The third-order valence-corrected chi connectivity index (χ3v) is 5.27. The molecule has 1 aromatic carbocycles. The number of rotatable bonds is 4. The van der Waals surface area contributed by atoms with Crippen molar-refractivity contribution in [3.63, 3.8) is 0 Å². The number of nitrogens with one attached hydrogen (secondary N) is 2. The summed E-state index contributed by atoms with van der Waals surface area (Å²) < 4.78 is 14.2. The van der Waals surface area contributed by atoms with Crippen LogP contribution in [0.1, 0.15) is 29.8 Å².